The monoisotopic (exact) mass is 351 g/mol. The third-order valence-corrected chi connectivity index (χ3v) is 5.32. The molecule has 1 N–H and O–H groups in total. The number of pyridine rings is 1. The Bertz CT molecular complexity index is 763. The van der Waals surface area contributed by atoms with Crippen molar-refractivity contribution >= 4 is 6.03 Å². The van der Waals surface area contributed by atoms with Gasteiger partial charge in [-0.3, -0.25) is 4.98 Å². The van der Waals surface area contributed by atoms with Crippen LogP contribution in [0.2, 0.25) is 0 Å². The highest BCUT2D eigenvalue weighted by molar-refractivity contribution is 5.75. The van der Waals surface area contributed by atoms with Gasteiger partial charge < -0.3 is 15.0 Å². The zero-order valence-corrected chi connectivity index (χ0v) is 15.0. The van der Waals surface area contributed by atoms with Gasteiger partial charge in [-0.2, -0.15) is 0 Å². The Balaban J connectivity index is 1.26. The Morgan fingerprint density at radius 2 is 2.00 bits per heavy atom. The lowest BCUT2D eigenvalue weighted by Crippen LogP contribution is -2.41. The molecule has 5 nitrogen and oxygen atoms in total. The van der Waals surface area contributed by atoms with Gasteiger partial charge in [-0.25, -0.2) is 4.79 Å². The number of carbonyl (C=O) groups excluding carboxylic acids is 1. The second-order valence-corrected chi connectivity index (χ2v) is 7.00. The van der Waals surface area contributed by atoms with Crippen molar-refractivity contribution < 1.29 is 9.53 Å². The van der Waals surface area contributed by atoms with E-state index in [-0.39, 0.29) is 12.1 Å². The molecule has 4 rings (SSSR count). The van der Waals surface area contributed by atoms with Gasteiger partial charge in [-0.05, 0) is 73.1 Å². The minimum atomic E-state index is -0.0122. The van der Waals surface area contributed by atoms with Gasteiger partial charge in [0.15, 0.2) is 0 Å². The minimum Gasteiger partial charge on any atom is -0.492 e. The van der Waals surface area contributed by atoms with Crippen LogP contribution in [0.3, 0.4) is 0 Å². The number of hydrogen-bond donors (Lipinski definition) is 1. The summed E-state index contributed by atoms with van der Waals surface area (Å²) in [6.45, 7) is 1.79. The molecule has 2 aliphatic rings. The molecule has 1 aromatic heterocycles. The van der Waals surface area contributed by atoms with E-state index in [1.54, 1.807) is 12.4 Å². The molecular weight excluding hydrogens is 326 g/mol. The van der Waals surface area contributed by atoms with Crippen molar-refractivity contribution in [3.8, 4) is 5.75 Å². The number of fused-ring (bicyclic) bond motifs is 1. The lowest BCUT2D eigenvalue weighted by Gasteiger charge is -2.25. The summed E-state index contributed by atoms with van der Waals surface area (Å²) in [6.07, 6.45) is 9.18. The number of likely N-dealkylation sites (tertiary alicyclic amines) is 1. The average Bonchev–Trinajstić information content (AvgIpc) is 3.34. The van der Waals surface area contributed by atoms with Gasteiger partial charge in [0.05, 0.1) is 12.6 Å². The quantitative estimate of drug-likeness (QED) is 0.839. The number of carbonyl (C=O) groups is 1. The number of rotatable bonds is 5. The van der Waals surface area contributed by atoms with Gasteiger partial charge in [-0.1, -0.05) is 6.07 Å². The largest absolute Gasteiger partial charge is 0.492 e. The normalized spacial score (nSPS) is 18.6. The number of nitrogens with one attached hydrogen (secondary N) is 1. The molecule has 0 saturated carbocycles. The van der Waals surface area contributed by atoms with Gasteiger partial charge in [0.1, 0.15) is 12.4 Å². The molecular formula is C21H25N3O2. The summed E-state index contributed by atoms with van der Waals surface area (Å²) in [5, 5.41) is 2.99. The number of aryl methyl sites for hydroxylation is 2. The van der Waals surface area contributed by atoms with Crippen LogP contribution in [-0.2, 0) is 12.8 Å². The smallest absolute Gasteiger partial charge is 0.318 e. The van der Waals surface area contributed by atoms with Crippen molar-refractivity contribution in [3.63, 3.8) is 0 Å². The third kappa shape index (κ3) is 3.66. The number of urea groups is 1. The first-order chi connectivity index (χ1) is 12.8. The van der Waals surface area contributed by atoms with Crippen LogP contribution in [0.25, 0.3) is 0 Å². The number of hydrogen-bond acceptors (Lipinski definition) is 3. The average molecular weight is 351 g/mol. The molecule has 136 valence electrons. The van der Waals surface area contributed by atoms with Crippen molar-refractivity contribution in [3.05, 3.63) is 59.4 Å². The van der Waals surface area contributed by atoms with Gasteiger partial charge in [0.25, 0.3) is 0 Å². The molecule has 1 saturated heterocycles. The van der Waals surface area contributed by atoms with E-state index in [2.05, 4.69) is 22.4 Å². The number of ether oxygens (including phenoxy) is 1. The molecule has 1 aliphatic heterocycles. The molecule has 2 heterocycles. The number of nitrogens with zero attached hydrogens (tertiary/aromatic N) is 2. The van der Waals surface area contributed by atoms with Crippen LogP contribution >= 0.6 is 0 Å². The Hall–Kier alpha value is -2.56. The molecule has 2 amide bonds. The molecule has 5 heteroatoms. The predicted molar refractivity (Wildman–Crippen MR) is 100 cm³/mol. The number of aromatic nitrogens is 1. The highest BCUT2D eigenvalue weighted by Crippen LogP contribution is 2.31. The first-order valence-corrected chi connectivity index (χ1v) is 9.50. The van der Waals surface area contributed by atoms with Crippen LogP contribution in [0.5, 0.6) is 5.75 Å². The standard InChI is InChI=1S/C21H25N3O2/c25-21(24-13-2-5-20(24)17-8-10-22-11-9-17)23-12-14-26-19-7-6-16-3-1-4-18(16)15-19/h6-11,15,20H,1-5,12-14H2,(H,23,25)/t20-/m0/s1. The summed E-state index contributed by atoms with van der Waals surface area (Å²) >= 11 is 0. The van der Waals surface area contributed by atoms with Gasteiger partial charge in [0.2, 0.25) is 0 Å². The first-order valence-electron chi connectivity index (χ1n) is 9.50. The first kappa shape index (κ1) is 16.9. The summed E-state index contributed by atoms with van der Waals surface area (Å²) in [6, 6.07) is 10.5. The molecule has 0 spiro atoms. The zero-order chi connectivity index (χ0) is 17.8. The van der Waals surface area contributed by atoms with Crippen LogP contribution in [-0.4, -0.2) is 35.6 Å². The van der Waals surface area contributed by atoms with Crippen molar-refractivity contribution in [1.29, 1.82) is 0 Å². The fourth-order valence-corrected chi connectivity index (χ4v) is 4.01. The summed E-state index contributed by atoms with van der Waals surface area (Å²) in [7, 11) is 0. The molecule has 2 aromatic rings. The predicted octanol–water partition coefficient (Wildman–Crippen LogP) is 3.50. The van der Waals surface area contributed by atoms with E-state index in [0.29, 0.717) is 13.2 Å². The minimum absolute atomic E-state index is 0.0122. The summed E-state index contributed by atoms with van der Waals surface area (Å²) in [4.78, 5) is 18.5. The maximum absolute atomic E-state index is 12.5. The lowest BCUT2D eigenvalue weighted by atomic mass is 10.1. The zero-order valence-electron chi connectivity index (χ0n) is 15.0. The van der Waals surface area contributed by atoms with E-state index in [1.807, 2.05) is 23.1 Å². The van der Waals surface area contributed by atoms with Crippen LogP contribution in [0.4, 0.5) is 4.79 Å². The van der Waals surface area contributed by atoms with Crippen molar-refractivity contribution in [2.45, 2.75) is 38.1 Å². The van der Waals surface area contributed by atoms with Crippen LogP contribution in [0.1, 0.15) is 42.0 Å². The molecule has 1 atom stereocenters. The Morgan fingerprint density at radius 1 is 1.15 bits per heavy atom. The topological polar surface area (TPSA) is 54.5 Å². The Morgan fingerprint density at radius 3 is 2.88 bits per heavy atom. The van der Waals surface area contributed by atoms with Gasteiger partial charge in [-0.15, -0.1) is 0 Å². The van der Waals surface area contributed by atoms with Crippen LogP contribution in [0.15, 0.2) is 42.7 Å². The summed E-state index contributed by atoms with van der Waals surface area (Å²) in [5.74, 6) is 0.899. The molecule has 0 radical (unpaired) electrons. The van der Waals surface area contributed by atoms with Crippen molar-refractivity contribution in [2.24, 2.45) is 0 Å². The van der Waals surface area contributed by atoms with Crippen LogP contribution in [0, 0.1) is 0 Å². The van der Waals surface area contributed by atoms with Gasteiger partial charge >= 0.3 is 6.03 Å². The highest BCUT2D eigenvalue weighted by atomic mass is 16.5. The van der Waals surface area contributed by atoms with E-state index in [9.17, 15) is 4.79 Å². The maximum atomic E-state index is 12.5. The van der Waals surface area contributed by atoms with Crippen molar-refractivity contribution in [1.82, 2.24) is 15.2 Å². The van der Waals surface area contributed by atoms with E-state index < -0.39 is 0 Å². The Kier molecular flexibility index (Phi) is 5.04. The van der Waals surface area contributed by atoms with E-state index in [0.717, 1.165) is 37.1 Å². The van der Waals surface area contributed by atoms with Crippen molar-refractivity contribution in [2.75, 3.05) is 19.7 Å². The molecule has 1 aliphatic carbocycles. The summed E-state index contributed by atoms with van der Waals surface area (Å²) < 4.78 is 5.81. The van der Waals surface area contributed by atoms with Gasteiger partial charge in [0, 0.05) is 18.9 Å². The number of amides is 2. The van der Waals surface area contributed by atoms with E-state index in [1.165, 1.54) is 24.0 Å². The van der Waals surface area contributed by atoms with E-state index in [4.69, 9.17) is 4.74 Å². The third-order valence-electron chi connectivity index (χ3n) is 5.32. The number of benzene rings is 1. The molecule has 0 bridgehead atoms. The fourth-order valence-electron chi connectivity index (χ4n) is 4.01. The fraction of sp³-hybridized carbons (Fsp3) is 0.429. The Labute approximate surface area is 154 Å². The SMILES string of the molecule is O=C(NCCOc1ccc2c(c1)CCC2)N1CCC[C@H]1c1ccncc1. The summed E-state index contributed by atoms with van der Waals surface area (Å²) in [5.41, 5.74) is 4.01. The van der Waals surface area contributed by atoms with Crippen LogP contribution < -0.4 is 10.1 Å². The van der Waals surface area contributed by atoms with E-state index >= 15 is 0 Å². The maximum Gasteiger partial charge on any atom is 0.318 e. The molecule has 1 aromatic carbocycles. The second kappa shape index (κ2) is 7.77. The second-order valence-electron chi connectivity index (χ2n) is 7.00. The molecule has 0 unspecified atom stereocenters. The lowest BCUT2D eigenvalue weighted by molar-refractivity contribution is 0.190. The molecule has 26 heavy (non-hydrogen) atoms. The highest BCUT2D eigenvalue weighted by Gasteiger charge is 2.29. The molecule has 1 fully saturated rings.